The summed E-state index contributed by atoms with van der Waals surface area (Å²) in [6.45, 7) is 1.99. The van der Waals surface area contributed by atoms with E-state index in [-0.39, 0.29) is 23.7 Å². The predicted octanol–water partition coefficient (Wildman–Crippen LogP) is 1.34. The molecule has 0 aliphatic heterocycles. The summed E-state index contributed by atoms with van der Waals surface area (Å²) in [5.41, 5.74) is 6.62. The zero-order chi connectivity index (χ0) is 13.1. The van der Waals surface area contributed by atoms with Crippen molar-refractivity contribution in [2.75, 3.05) is 12.3 Å². The highest BCUT2D eigenvalue weighted by Gasteiger charge is 2.16. The molecule has 6 heteroatoms. The third-order valence-electron chi connectivity index (χ3n) is 2.38. The first-order valence-corrected chi connectivity index (χ1v) is 5.43. The first-order valence-electron chi connectivity index (χ1n) is 5.43. The quantitative estimate of drug-likeness (QED) is 0.799. The Balaban J connectivity index is 2.39. The van der Waals surface area contributed by atoms with Gasteiger partial charge in [0.2, 0.25) is 0 Å². The van der Waals surface area contributed by atoms with Crippen molar-refractivity contribution in [3.8, 4) is 11.4 Å². The summed E-state index contributed by atoms with van der Waals surface area (Å²) in [6.07, 6.45) is 1.34. The third-order valence-corrected chi connectivity index (χ3v) is 2.38. The number of esters is 1. The highest BCUT2D eigenvalue weighted by molar-refractivity contribution is 5.94. The van der Waals surface area contributed by atoms with Crippen molar-refractivity contribution in [3.63, 3.8) is 0 Å². The molecule has 0 radical (unpaired) electrons. The summed E-state index contributed by atoms with van der Waals surface area (Å²) < 4.78 is 6.23. The summed E-state index contributed by atoms with van der Waals surface area (Å²) in [6, 6.07) is 6.42. The molecule has 0 unspecified atom stereocenters. The summed E-state index contributed by atoms with van der Waals surface area (Å²) in [5, 5.41) is 13.4. The van der Waals surface area contributed by atoms with Crippen LogP contribution in [0.4, 0.5) is 5.82 Å². The van der Waals surface area contributed by atoms with Crippen molar-refractivity contribution in [2.24, 2.45) is 0 Å². The van der Waals surface area contributed by atoms with E-state index in [9.17, 15) is 9.90 Å². The molecule has 1 heterocycles. The molecule has 0 atom stereocenters. The van der Waals surface area contributed by atoms with Crippen molar-refractivity contribution in [2.45, 2.75) is 6.92 Å². The molecule has 18 heavy (non-hydrogen) atoms. The number of ether oxygens (including phenoxy) is 1. The van der Waals surface area contributed by atoms with Gasteiger partial charge in [0.05, 0.1) is 18.5 Å². The van der Waals surface area contributed by atoms with Gasteiger partial charge in [-0.05, 0) is 19.1 Å². The number of nitrogens with two attached hydrogens (primary N) is 1. The Morgan fingerprint density at radius 2 is 2.33 bits per heavy atom. The first-order chi connectivity index (χ1) is 8.63. The molecule has 0 saturated carbocycles. The number of hydrogen-bond acceptors (Lipinski definition) is 5. The zero-order valence-corrected chi connectivity index (χ0v) is 9.83. The van der Waals surface area contributed by atoms with Crippen LogP contribution in [-0.4, -0.2) is 27.5 Å². The summed E-state index contributed by atoms with van der Waals surface area (Å²) >= 11 is 0. The number of phenolic OH excluding ortho intramolecular Hbond substituents is 1. The van der Waals surface area contributed by atoms with E-state index < -0.39 is 5.97 Å². The number of carbonyl (C=O) groups is 1. The third kappa shape index (κ3) is 2.13. The van der Waals surface area contributed by atoms with Crippen LogP contribution in [0.5, 0.6) is 5.75 Å². The van der Waals surface area contributed by atoms with Gasteiger partial charge in [0.15, 0.2) is 0 Å². The minimum absolute atomic E-state index is 0.0973. The average Bonchev–Trinajstić information content (AvgIpc) is 2.71. The Kier molecular flexibility index (Phi) is 3.18. The molecule has 3 N–H and O–H groups in total. The predicted molar refractivity (Wildman–Crippen MR) is 65.6 cm³/mol. The number of hydrogen-bond donors (Lipinski definition) is 2. The van der Waals surface area contributed by atoms with Crippen molar-refractivity contribution < 1.29 is 14.6 Å². The number of rotatable bonds is 3. The lowest BCUT2D eigenvalue weighted by Gasteiger charge is -2.05. The number of nitrogen functional groups attached to an aromatic ring is 1. The van der Waals surface area contributed by atoms with Gasteiger partial charge >= 0.3 is 5.97 Å². The lowest BCUT2D eigenvalue weighted by atomic mass is 10.3. The first kappa shape index (κ1) is 12.0. The Hall–Kier alpha value is -2.50. The Morgan fingerprint density at radius 3 is 3.00 bits per heavy atom. The molecule has 1 aromatic heterocycles. The summed E-state index contributed by atoms with van der Waals surface area (Å²) in [5.74, 6) is -0.236. The lowest BCUT2D eigenvalue weighted by Crippen LogP contribution is -2.08. The average molecular weight is 247 g/mol. The SMILES string of the molecule is CCOC(=O)c1cnn(-c2cccc(O)c2)c1N. The number of aromatic nitrogens is 2. The second-order valence-corrected chi connectivity index (χ2v) is 3.60. The van der Waals surface area contributed by atoms with E-state index in [2.05, 4.69) is 5.10 Å². The fourth-order valence-electron chi connectivity index (χ4n) is 1.55. The molecule has 0 aliphatic rings. The standard InChI is InChI=1S/C12H13N3O3/c1-2-18-12(17)10-7-14-15(11(10)13)8-4-3-5-9(16)6-8/h3-7,16H,2,13H2,1H3. The van der Waals surface area contributed by atoms with Crippen LogP contribution in [-0.2, 0) is 4.74 Å². The molecule has 6 nitrogen and oxygen atoms in total. The minimum atomic E-state index is -0.513. The normalized spacial score (nSPS) is 10.3. The van der Waals surface area contributed by atoms with Gasteiger partial charge in [0, 0.05) is 6.07 Å². The maximum Gasteiger partial charge on any atom is 0.343 e. The lowest BCUT2D eigenvalue weighted by molar-refractivity contribution is 0.0527. The number of aromatic hydroxyl groups is 1. The number of carbonyl (C=O) groups excluding carboxylic acids is 1. The molecular formula is C12H13N3O3. The molecule has 0 bridgehead atoms. The van der Waals surface area contributed by atoms with Crippen LogP contribution < -0.4 is 5.73 Å². The van der Waals surface area contributed by atoms with Crippen LogP contribution in [0.25, 0.3) is 5.69 Å². The van der Waals surface area contributed by atoms with Gasteiger partial charge in [0.25, 0.3) is 0 Å². The molecule has 2 rings (SSSR count). The molecule has 0 spiro atoms. The van der Waals surface area contributed by atoms with Crippen LogP contribution in [0, 0.1) is 0 Å². The molecule has 0 amide bonds. The smallest absolute Gasteiger partial charge is 0.343 e. The van der Waals surface area contributed by atoms with Crippen molar-refractivity contribution in [1.82, 2.24) is 9.78 Å². The van der Waals surface area contributed by atoms with Gasteiger partial charge in [-0.25, -0.2) is 9.48 Å². The minimum Gasteiger partial charge on any atom is -0.508 e. The number of benzene rings is 1. The van der Waals surface area contributed by atoms with Crippen LogP contribution in [0.15, 0.2) is 30.5 Å². The second kappa shape index (κ2) is 4.79. The molecular weight excluding hydrogens is 234 g/mol. The van der Waals surface area contributed by atoms with E-state index >= 15 is 0 Å². The Bertz CT molecular complexity index is 578. The molecule has 94 valence electrons. The van der Waals surface area contributed by atoms with E-state index in [1.54, 1.807) is 19.1 Å². The van der Waals surface area contributed by atoms with Gasteiger partial charge in [0.1, 0.15) is 17.1 Å². The van der Waals surface area contributed by atoms with E-state index in [0.717, 1.165) is 0 Å². The molecule has 0 fully saturated rings. The monoisotopic (exact) mass is 247 g/mol. The van der Waals surface area contributed by atoms with E-state index in [0.29, 0.717) is 5.69 Å². The van der Waals surface area contributed by atoms with Gasteiger partial charge in [-0.1, -0.05) is 6.07 Å². The van der Waals surface area contributed by atoms with Gasteiger partial charge in [-0.3, -0.25) is 0 Å². The summed E-state index contributed by atoms with van der Waals surface area (Å²) in [7, 11) is 0. The van der Waals surface area contributed by atoms with Gasteiger partial charge in [-0.2, -0.15) is 5.10 Å². The summed E-state index contributed by atoms with van der Waals surface area (Å²) in [4.78, 5) is 11.6. The van der Waals surface area contributed by atoms with E-state index in [4.69, 9.17) is 10.5 Å². The fourth-order valence-corrected chi connectivity index (χ4v) is 1.55. The van der Waals surface area contributed by atoms with Crippen LogP contribution in [0.2, 0.25) is 0 Å². The molecule has 0 aliphatic carbocycles. The Morgan fingerprint density at radius 1 is 1.56 bits per heavy atom. The van der Waals surface area contributed by atoms with Crippen molar-refractivity contribution in [3.05, 3.63) is 36.0 Å². The second-order valence-electron chi connectivity index (χ2n) is 3.60. The maximum atomic E-state index is 11.6. The molecule has 0 saturated heterocycles. The topological polar surface area (TPSA) is 90.4 Å². The molecule has 1 aromatic carbocycles. The van der Waals surface area contributed by atoms with E-state index in [1.165, 1.54) is 23.0 Å². The largest absolute Gasteiger partial charge is 0.508 e. The van der Waals surface area contributed by atoms with Crippen LogP contribution >= 0.6 is 0 Å². The van der Waals surface area contributed by atoms with Crippen LogP contribution in [0.1, 0.15) is 17.3 Å². The fraction of sp³-hybridized carbons (Fsp3) is 0.167. The highest BCUT2D eigenvalue weighted by atomic mass is 16.5. The van der Waals surface area contributed by atoms with Gasteiger partial charge in [-0.15, -0.1) is 0 Å². The van der Waals surface area contributed by atoms with Crippen molar-refractivity contribution in [1.29, 1.82) is 0 Å². The molecule has 2 aromatic rings. The van der Waals surface area contributed by atoms with Gasteiger partial charge < -0.3 is 15.6 Å². The Labute approximate surface area is 104 Å². The highest BCUT2D eigenvalue weighted by Crippen LogP contribution is 2.20. The van der Waals surface area contributed by atoms with Crippen molar-refractivity contribution >= 4 is 11.8 Å². The maximum absolute atomic E-state index is 11.6. The number of anilines is 1. The number of phenols is 1. The number of nitrogens with zero attached hydrogens (tertiary/aromatic N) is 2. The zero-order valence-electron chi connectivity index (χ0n) is 9.83. The van der Waals surface area contributed by atoms with E-state index in [1.807, 2.05) is 0 Å². The van der Waals surface area contributed by atoms with Crippen LogP contribution in [0.3, 0.4) is 0 Å².